The molecule has 0 saturated carbocycles. The number of aliphatic carboxylic acids is 2. The van der Waals surface area contributed by atoms with Crippen molar-refractivity contribution in [3.8, 4) is 0 Å². The molecule has 0 radical (unpaired) electrons. The second-order valence-electron chi connectivity index (χ2n) is 9.21. The molecule has 2 aromatic carbocycles. The van der Waals surface area contributed by atoms with Crippen LogP contribution in [0.4, 0.5) is 4.79 Å². The highest BCUT2D eigenvalue weighted by atomic mass is 16.4. The predicted octanol–water partition coefficient (Wildman–Crippen LogP) is 3.04. The summed E-state index contributed by atoms with van der Waals surface area (Å²) >= 11 is 0. The van der Waals surface area contributed by atoms with Crippen LogP contribution in [0.15, 0.2) is 66.9 Å². The number of carbonyl (C=O) groups excluding carboxylic acids is 2. The summed E-state index contributed by atoms with van der Waals surface area (Å²) in [5.74, 6) is -2.65. The fourth-order valence-electron chi connectivity index (χ4n) is 4.07. The van der Waals surface area contributed by atoms with Gasteiger partial charge in [0.25, 0.3) is 5.91 Å². The minimum atomic E-state index is -1.26. The molecule has 1 saturated heterocycles. The lowest BCUT2D eigenvalue weighted by Gasteiger charge is -2.13. The summed E-state index contributed by atoms with van der Waals surface area (Å²) in [6.07, 6.45) is 5.52. The first-order chi connectivity index (χ1) is 18.1. The van der Waals surface area contributed by atoms with E-state index in [9.17, 15) is 19.2 Å². The summed E-state index contributed by atoms with van der Waals surface area (Å²) in [6, 6.07) is 15.2. The Morgan fingerprint density at radius 2 is 1.66 bits per heavy atom. The van der Waals surface area contributed by atoms with Gasteiger partial charge >= 0.3 is 18.0 Å². The lowest BCUT2D eigenvalue weighted by molar-refractivity contribution is -0.134. The fraction of sp³-hybridized carbons (Fsp3) is 0.286. The molecule has 1 atom stereocenters. The van der Waals surface area contributed by atoms with Gasteiger partial charge in [0.1, 0.15) is 6.04 Å². The number of aromatic nitrogens is 1. The van der Waals surface area contributed by atoms with Crippen molar-refractivity contribution in [2.24, 2.45) is 0 Å². The standard InChI is InChI=1S/C24H28N4O2.C4H4O4/c1-27(2)13-12-19-15-25-21-10-8-17(14-20(19)21)9-11-22-23(29)28(24(30)26-22)16-18-6-4-3-5-7-18;5-3(6)1-2-4(7)8/h3-8,10,14-15,22,25H,9,11-13,16H2,1-2H3,(H,26,30);1-2H,(H,5,6)(H,7,8)/b;2-1-. The molecule has 1 aliphatic heterocycles. The zero-order chi connectivity index (χ0) is 27.7. The molecule has 0 bridgehead atoms. The van der Waals surface area contributed by atoms with Gasteiger partial charge in [-0.3, -0.25) is 9.69 Å². The number of rotatable bonds is 10. The molecule has 4 rings (SSSR count). The van der Waals surface area contributed by atoms with Crippen LogP contribution in [-0.2, 0) is 33.8 Å². The molecule has 0 spiro atoms. The number of carboxylic acids is 2. The number of fused-ring (bicyclic) bond motifs is 1. The average Bonchev–Trinajstić information content (AvgIpc) is 3.41. The molecule has 3 aromatic rings. The molecule has 1 unspecified atom stereocenters. The Labute approximate surface area is 220 Å². The predicted molar refractivity (Wildman–Crippen MR) is 143 cm³/mol. The highest BCUT2D eigenvalue weighted by molar-refractivity contribution is 6.04. The van der Waals surface area contributed by atoms with Crippen LogP contribution in [0.25, 0.3) is 10.9 Å². The van der Waals surface area contributed by atoms with Crippen LogP contribution >= 0.6 is 0 Å². The smallest absolute Gasteiger partial charge is 0.328 e. The topological polar surface area (TPSA) is 143 Å². The number of carboxylic acid groups (broad SMARTS) is 2. The zero-order valence-electron chi connectivity index (χ0n) is 21.4. The van der Waals surface area contributed by atoms with Crippen molar-refractivity contribution in [3.63, 3.8) is 0 Å². The van der Waals surface area contributed by atoms with E-state index in [-0.39, 0.29) is 11.9 Å². The van der Waals surface area contributed by atoms with Crippen LogP contribution in [0.3, 0.4) is 0 Å². The Kier molecular flexibility index (Phi) is 9.78. The minimum absolute atomic E-state index is 0.141. The van der Waals surface area contributed by atoms with E-state index >= 15 is 0 Å². The fourth-order valence-corrected chi connectivity index (χ4v) is 4.07. The third kappa shape index (κ3) is 8.04. The van der Waals surface area contributed by atoms with Crippen LogP contribution < -0.4 is 5.32 Å². The number of aryl methyl sites for hydroxylation is 1. The largest absolute Gasteiger partial charge is 0.478 e. The van der Waals surface area contributed by atoms with Gasteiger partial charge in [-0.2, -0.15) is 0 Å². The Bertz CT molecular complexity index is 1300. The molecule has 2 heterocycles. The molecule has 0 aliphatic carbocycles. The first-order valence-corrected chi connectivity index (χ1v) is 12.2. The number of H-pyrrole nitrogens is 1. The number of benzene rings is 2. The van der Waals surface area contributed by atoms with Crippen molar-refractivity contribution in [3.05, 3.63) is 83.6 Å². The van der Waals surface area contributed by atoms with Crippen LogP contribution in [-0.4, -0.2) is 75.6 Å². The van der Waals surface area contributed by atoms with Gasteiger partial charge < -0.3 is 25.4 Å². The van der Waals surface area contributed by atoms with E-state index < -0.39 is 18.0 Å². The Morgan fingerprint density at radius 1 is 0.974 bits per heavy atom. The van der Waals surface area contributed by atoms with Gasteiger partial charge in [0, 0.05) is 35.8 Å². The molecule has 1 fully saturated rings. The SMILES string of the molecule is CN(C)CCc1c[nH]c2ccc(CCC3NC(=O)N(Cc4ccccc4)C3=O)cc12.O=C(O)/C=C\C(=O)O. The van der Waals surface area contributed by atoms with Crippen molar-refractivity contribution in [2.45, 2.75) is 31.8 Å². The number of urea groups is 1. The number of nitrogens with one attached hydrogen (secondary N) is 2. The van der Waals surface area contributed by atoms with Crippen LogP contribution in [0.1, 0.15) is 23.1 Å². The number of carbonyl (C=O) groups is 4. The van der Waals surface area contributed by atoms with Crippen LogP contribution in [0, 0.1) is 0 Å². The summed E-state index contributed by atoms with van der Waals surface area (Å²) in [7, 11) is 4.16. The monoisotopic (exact) mass is 520 g/mol. The molecule has 10 heteroatoms. The van der Waals surface area contributed by atoms with Gasteiger partial charge in [-0.05, 0) is 62.2 Å². The minimum Gasteiger partial charge on any atom is -0.478 e. The summed E-state index contributed by atoms with van der Waals surface area (Å²) in [5, 5.41) is 19.7. The van der Waals surface area contributed by atoms with Crippen molar-refractivity contribution < 1.29 is 29.4 Å². The first-order valence-electron chi connectivity index (χ1n) is 12.2. The van der Waals surface area contributed by atoms with Gasteiger partial charge in [-0.25, -0.2) is 14.4 Å². The van der Waals surface area contributed by atoms with E-state index in [1.807, 2.05) is 30.3 Å². The summed E-state index contributed by atoms with van der Waals surface area (Å²) in [6.45, 7) is 1.31. The zero-order valence-corrected chi connectivity index (χ0v) is 21.4. The summed E-state index contributed by atoms with van der Waals surface area (Å²) in [5.41, 5.74) is 4.56. The average molecular weight is 521 g/mol. The van der Waals surface area contributed by atoms with Crippen molar-refractivity contribution >= 4 is 34.8 Å². The van der Waals surface area contributed by atoms with Crippen molar-refractivity contribution in [1.29, 1.82) is 0 Å². The van der Waals surface area contributed by atoms with Gasteiger partial charge in [0.15, 0.2) is 0 Å². The number of aromatic amines is 1. The van der Waals surface area contributed by atoms with Gasteiger partial charge in [0.05, 0.1) is 6.54 Å². The van der Waals surface area contributed by atoms with E-state index in [2.05, 4.69) is 53.7 Å². The number of amides is 3. The van der Waals surface area contributed by atoms with E-state index in [1.165, 1.54) is 21.4 Å². The van der Waals surface area contributed by atoms with Crippen LogP contribution in [0.5, 0.6) is 0 Å². The maximum atomic E-state index is 12.7. The summed E-state index contributed by atoms with van der Waals surface area (Å²) in [4.78, 5) is 51.0. The molecule has 4 N–H and O–H groups in total. The molecular weight excluding hydrogens is 488 g/mol. The third-order valence-electron chi connectivity index (χ3n) is 6.04. The van der Waals surface area contributed by atoms with Gasteiger partial charge in [-0.1, -0.05) is 36.4 Å². The maximum Gasteiger partial charge on any atom is 0.328 e. The second-order valence-corrected chi connectivity index (χ2v) is 9.21. The van der Waals surface area contributed by atoms with Gasteiger partial charge in [-0.15, -0.1) is 0 Å². The van der Waals surface area contributed by atoms with Crippen LogP contribution in [0.2, 0.25) is 0 Å². The molecule has 38 heavy (non-hydrogen) atoms. The molecular formula is C28H32N4O6. The molecule has 1 aliphatic rings. The van der Waals surface area contributed by atoms with E-state index in [0.29, 0.717) is 25.1 Å². The third-order valence-corrected chi connectivity index (χ3v) is 6.04. The number of hydrogen-bond acceptors (Lipinski definition) is 5. The van der Waals surface area contributed by atoms with Crippen molar-refractivity contribution in [2.75, 3.05) is 20.6 Å². The molecule has 10 nitrogen and oxygen atoms in total. The Hall–Kier alpha value is -4.44. The molecule has 1 aromatic heterocycles. The van der Waals surface area contributed by atoms with E-state index in [0.717, 1.165) is 30.5 Å². The normalized spacial score (nSPS) is 15.1. The lowest BCUT2D eigenvalue weighted by Crippen LogP contribution is -2.31. The number of likely N-dealkylation sites (N-methyl/N-ethyl adjacent to an activating group) is 1. The second kappa shape index (κ2) is 13.2. The lowest BCUT2D eigenvalue weighted by atomic mass is 10.0. The quantitative estimate of drug-likeness (QED) is 0.238. The Balaban J connectivity index is 0.000000436. The number of hydrogen-bond donors (Lipinski definition) is 4. The first kappa shape index (κ1) is 28.1. The summed E-state index contributed by atoms with van der Waals surface area (Å²) < 4.78 is 0. The van der Waals surface area contributed by atoms with E-state index in [4.69, 9.17) is 10.2 Å². The molecule has 200 valence electrons. The number of imide groups is 1. The highest BCUT2D eigenvalue weighted by Gasteiger charge is 2.37. The van der Waals surface area contributed by atoms with Crippen molar-refractivity contribution in [1.82, 2.24) is 20.1 Å². The Morgan fingerprint density at radius 3 is 2.29 bits per heavy atom. The van der Waals surface area contributed by atoms with E-state index in [1.54, 1.807) is 0 Å². The molecule has 3 amide bonds. The van der Waals surface area contributed by atoms with Gasteiger partial charge in [0.2, 0.25) is 0 Å². The number of nitrogens with zero attached hydrogens (tertiary/aromatic N) is 2. The highest BCUT2D eigenvalue weighted by Crippen LogP contribution is 2.22. The maximum absolute atomic E-state index is 12.7.